The Morgan fingerprint density at radius 3 is 2.59 bits per heavy atom. The van der Waals surface area contributed by atoms with E-state index in [1.807, 2.05) is 49.6 Å². The third-order valence-electron chi connectivity index (χ3n) is 7.62. The maximum Gasteiger partial charge on any atom is 0.326 e. The minimum absolute atomic E-state index is 0.360. The molecule has 39 heavy (non-hydrogen) atoms. The van der Waals surface area contributed by atoms with Crippen LogP contribution in [0, 0.1) is 12.8 Å². The molecule has 2 aromatic carbocycles. The summed E-state index contributed by atoms with van der Waals surface area (Å²) in [7, 11) is 0. The summed E-state index contributed by atoms with van der Waals surface area (Å²) in [5, 5.41) is 14.5. The molecule has 0 saturated heterocycles. The summed E-state index contributed by atoms with van der Waals surface area (Å²) >= 11 is 1.57. The Bertz CT molecular complexity index is 1050. The third kappa shape index (κ3) is 9.96. The molecule has 0 aliphatic heterocycles. The maximum atomic E-state index is 13.4. The summed E-state index contributed by atoms with van der Waals surface area (Å²) in [6.45, 7) is 6.45. The van der Waals surface area contributed by atoms with E-state index in [1.165, 1.54) is 32.1 Å². The van der Waals surface area contributed by atoms with E-state index < -0.39 is 12.0 Å². The standard InChI is InChI=1S/C32H46N2O4S/c1-4-5-20-38-34(19-17-25-12-7-6-8-13-25)23-26-15-16-28(29(22-26)27-14-10-9-11-24(27)2)31(35)33-30(32(36)37)18-21-39-3/h9-11,14-16,22,25,30H,4-8,12-13,17-21,23H2,1-3H3,(H,33,35)(H,36,37)/t30-/m0/s1. The molecule has 1 fully saturated rings. The summed E-state index contributed by atoms with van der Waals surface area (Å²) in [5.41, 5.74) is 4.42. The highest BCUT2D eigenvalue weighted by Crippen LogP contribution is 2.30. The molecule has 1 atom stereocenters. The molecule has 0 radical (unpaired) electrons. The summed E-state index contributed by atoms with van der Waals surface area (Å²) in [6.07, 6.45) is 12.2. The molecule has 1 amide bonds. The lowest BCUT2D eigenvalue weighted by Crippen LogP contribution is -2.41. The van der Waals surface area contributed by atoms with Gasteiger partial charge in [-0.25, -0.2) is 4.79 Å². The molecule has 3 rings (SSSR count). The summed E-state index contributed by atoms with van der Waals surface area (Å²) in [5.74, 6) is 0.0686. The zero-order chi connectivity index (χ0) is 28.0. The number of carboxylic acids is 1. The minimum atomic E-state index is -1.01. The first kappa shape index (κ1) is 31.2. The Hall–Kier alpha value is -2.35. The first-order valence-electron chi connectivity index (χ1n) is 14.5. The molecule has 6 nitrogen and oxygen atoms in total. The van der Waals surface area contributed by atoms with Crippen molar-refractivity contribution in [3.05, 3.63) is 59.2 Å². The number of aliphatic carboxylic acids is 1. The number of rotatable bonds is 16. The average Bonchev–Trinajstić information content (AvgIpc) is 2.94. The smallest absolute Gasteiger partial charge is 0.326 e. The van der Waals surface area contributed by atoms with Crippen LogP contribution in [-0.4, -0.2) is 53.2 Å². The highest BCUT2D eigenvalue weighted by Gasteiger charge is 2.23. The fraction of sp³-hybridized carbons (Fsp3) is 0.562. The lowest BCUT2D eigenvalue weighted by atomic mass is 9.87. The van der Waals surface area contributed by atoms with Crippen LogP contribution in [0.3, 0.4) is 0 Å². The number of unbranched alkanes of at least 4 members (excludes halogenated alkanes) is 1. The van der Waals surface area contributed by atoms with Crippen molar-refractivity contribution < 1.29 is 19.5 Å². The molecule has 1 aliphatic carbocycles. The third-order valence-corrected chi connectivity index (χ3v) is 8.26. The monoisotopic (exact) mass is 554 g/mol. The van der Waals surface area contributed by atoms with Crippen LogP contribution >= 0.6 is 11.8 Å². The molecule has 0 heterocycles. The Morgan fingerprint density at radius 2 is 1.90 bits per heavy atom. The largest absolute Gasteiger partial charge is 0.480 e. The molecule has 1 aliphatic rings. The van der Waals surface area contributed by atoms with Gasteiger partial charge in [-0.2, -0.15) is 16.8 Å². The van der Waals surface area contributed by atoms with Crippen LogP contribution < -0.4 is 5.32 Å². The second kappa shape index (κ2) is 16.7. The van der Waals surface area contributed by atoms with Gasteiger partial charge in [-0.1, -0.05) is 75.8 Å². The molecule has 0 bridgehead atoms. The van der Waals surface area contributed by atoms with Gasteiger partial charge in [-0.3, -0.25) is 9.63 Å². The number of hydrogen-bond acceptors (Lipinski definition) is 5. The van der Waals surface area contributed by atoms with Crippen molar-refractivity contribution in [3.8, 4) is 11.1 Å². The van der Waals surface area contributed by atoms with Gasteiger partial charge in [0.25, 0.3) is 5.91 Å². The van der Waals surface area contributed by atoms with Crippen molar-refractivity contribution in [1.82, 2.24) is 10.4 Å². The normalized spacial score (nSPS) is 14.9. The number of carboxylic acid groups (broad SMARTS) is 1. The van der Waals surface area contributed by atoms with Crippen molar-refractivity contribution in [3.63, 3.8) is 0 Å². The fourth-order valence-electron chi connectivity index (χ4n) is 5.25. The summed E-state index contributed by atoms with van der Waals surface area (Å²) < 4.78 is 0. The summed E-state index contributed by atoms with van der Waals surface area (Å²) in [6, 6.07) is 13.0. The van der Waals surface area contributed by atoms with Gasteiger partial charge in [-0.05, 0) is 78.5 Å². The maximum absolute atomic E-state index is 13.4. The Kier molecular flexibility index (Phi) is 13.3. The van der Waals surface area contributed by atoms with E-state index in [4.69, 9.17) is 4.84 Å². The van der Waals surface area contributed by atoms with Crippen LogP contribution in [0.25, 0.3) is 11.1 Å². The van der Waals surface area contributed by atoms with Crippen molar-refractivity contribution in [2.24, 2.45) is 5.92 Å². The number of benzene rings is 2. The lowest BCUT2D eigenvalue weighted by Gasteiger charge is -2.27. The number of aryl methyl sites for hydroxylation is 1. The van der Waals surface area contributed by atoms with E-state index >= 15 is 0 Å². The Labute approximate surface area is 238 Å². The van der Waals surface area contributed by atoms with Gasteiger partial charge in [-0.15, -0.1) is 0 Å². The van der Waals surface area contributed by atoms with Crippen LogP contribution in [0.4, 0.5) is 0 Å². The van der Waals surface area contributed by atoms with Gasteiger partial charge in [0.15, 0.2) is 0 Å². The molecule has 7 heteroatoms. The van der Waals surface area contributed by atoms with Crippen LogP contribution in [-0.2, 0) is 16.2 Å². The van der Waals surface area contributed by atoms with Gasteiger partial charge in [0, 0.05) is 18.7 Å². The van der Waals surface area contributed by atoms with Gasteiger partial charge >= 0.3 is 5.97 Å². The van der Waals surface area contributed by atoms with E-state index in [9.17, 15) is 14.7 Å². The van der Waals surface area contributed by atoms with Crippen LogP contribution in [0.1, 0.15) is 86.2 Å². The number of nitrogens with zero attached hydrogens (tertiary/aromatic N) is 1. The van der Waals surface area contributed by atoms with E-state index in [2.05, 4.69) is 23.4 Å². The van der Waals surface area contributed by atoms with Crippen LogP contribution in [0.15, 0.2) is 42.5 Å². The van der Waals surface area contributed by atoms with Crippen LogP contribution in [0.5, 0.6) is 0 Å². The molecular weight excluding hydrogens is 508 g/mol. The first-order valence-corrected chi connectivity index (χ1v) is 15.9. The van der Waals surface area contributed by atoms with Gasteiger partial charge in [0.2, 0.25) is 0 Å². The minimum Gasteiger partial charge on any atom is -0.480 e. The first-order chi connectivity index (χ1) is 18.9. The van der Waals surface area contributed by atoms with E-state index in [0.717, 1.165) is 54.0 Å². The highest BCUT2D eigenvalue weighted by atomic mass is 32.2. The second-order valence-corrected chi connectivity index (χ2v) is 11.7. The lowest BCUT2D eigenvalue weighted by molar-refractivity contribution is -0.169. The second-order valence-electron chi connectivity index (χ2n) is 10.7. The Balaban J connectivity index is 1.85. The van der Waals surface area contributed by atoms with Crippen LogP contribution in [0.2, 0.25) is 0 Å². The molecule has 2 N–H and O–H groups in total. The molecule has 0 unspecified atom stereocenters. The average molecular weight is 555 g/mol. The quantitative estimate of drug-likeness (QED) is 0.170. The predicted molar refractivity (Wildman–Crippen MR) is 161 cm³/mol. The molecule has 214 valence electrons. The molecule has 0 aromatic heterocycles. The number of hydroxylamine groups is 2. The topological polar surface area (TPSA) is 78.9 Å². The molecule has 2 aromatic rings. The van der Waals surface area contributed by atoms with Crippen molar-refractivity contribution >= 4 is 23.6 Å². The predicted octanol–water partition coefficient (Wildman–Crippen LogP) is 7.10. The molecule has 1 saturated carbocycles. The zero-order valence-corrected chi connectivity index (χ0v) is 24.7. The van der Waals surface area contributed by atoms with Gasteiger partial charge < -0.3 is 10.4 Å². The number of carbonyl (C=O) groups is 2. The Morgan fingerprint density at radius 1 is 1.13 bits per heavy atom. The summed E-state index contributed by atoms with van der Waals surface area (Å²) in [4.78, 5) is 31.4. The van der Waals surface area contributed by atoms with Crippen molar-refractivity contribution in [2.45, 2.75) is 84.2 Å². The fourth-order valence-corrected chi connectivity index (χ4v) is 5.72. The number of nitrogens with one attached hydrogen (secondary N) is 1. The van der Waals surface area contributed by atoms with Gasteiger partial charge in [0.1, 0.15) is 6.04 Å². The number of carbonyl (C=O) groups excluding carboxylic acids is 1. The SMILES string of the molecule is CCCCON(CCC1CCCCC1)Cc1ccc(C(=O)N[C@@H](CCSC)C(=O)O)c(-c2ccccc2C)c1. The van der Waals surface area contributed by atoms with Crippen molar-refractivity contribution in [2.75, 3.05) is 25.2 Å². The van der Waals surface area contributed by atoms with Crippen molar-refractivity contribution in [1.29, 1.82) is 0 Å². The van der Waals surface area contributed by atoms with E-state index in [1.54, 1.807) is 11.8 Å². The molecule has 0 spiro atoms. The number of hydrogen-bond donors (Lipinski definition) is 2. The zero-order valence-electron chi connectivity index (χ0n) is 23.9. The van der Waals surface area contributed by atoms with E-state index in [0.29, 0.717) is 30.9 Å². The number of thioether (sulfide) groups is 1. The molecular formula is C32H46N2O4S. The van der Waals surface area contributed by atoms with E-state index in [-0.39, 0.29) is 5.91 Å². The number of amides is 1. The van der Waals surface area contributed by atoms with Gasteiger partial charge in [0.05, 0.1) is 6.61 Å². The highest BCUT2D eigenvalue weighted by molar-refractivity contribution is 7.98.